The van der Waals surface area contributed by atoms with Gasteiger partial charge in [-0.25, -0.2) is 14.2 Å². The third kappa shape index (κ3) is 7.40. The van der Waals surface area contributed by atoms with Crippen molar-refractivity contribution in [2.45, 2.75) is 75.3 Å². The van der Waals surface area contributed by atoms with E-state index in [1.807, 2.05) is 16.9 Å². The molecule has 1 saturated carbocycles. The van der Waals surface area contributed by atoms with Gasteiger partial charge in [0.05, 0.1) is 35.4 Å². The van der Waals surface area contributed by atoms with Crippen molar-refractivity contribution in [1.29, 1.82) is 0 Å². The van der Waals surface area contributed by atoms with Crippen molar-refractivity contribution in [1.82, 2.24) is 34.1 Å². The van der Waals surface area contributed by atoms with Gasteiger partial charge in [0.25, 0.3) is 5.91 Å². The number of nitrogens with zero attached hydrogens (tertiary/aromatic N) is 6. The molecule has 3 amide bonds. The summed E-state index contributed by atoms with van der Waals surface area (Å²) in [6.07, 6.45) is 0.610. The number of piperidine rings is 2. The van der Waals surface area contributed by atoms with Crippen molar-refractivity contribution >= 4 is 45.3 Å². The maximum absolute atomic E-state index is 16.1. The van der Waals surface area contributed by atoms with Crippen LogP contribution in [0.15, 0.2) is 59.5 Å². The van der Waals surface area contributed by atoms with E-state index < -0.39 is 41.8 Å². The average molecular weight is 791 g/mol. The molecule has 57 heavy (non-hydrogen) atoms. The number of hydrogen-bond acceptors (Lipinski definition) is 8. The first-order valence-corrected chi connectivity index (χ1v) is 19.1. The van der Waals surface area contributed by atoms with Crippen molar-refractivity contribution in [3.8, 4) is 5.75 Å². The molecule has 2 aromatic carbocycles. The third-order valence-corrected chi connectivity index (χ3v) is 11.8. The zero-order valence-electron chi connectivity index (χ0n) is 31.4. The van der Waals surface area contributed by atoms with E-state index in [9.17, 15) is 32.3 Å². The summed E-state index contributed by atoms with van der Waals surface area (Å²) in [5, 5.41) is 10.5. The van der Waals surface area contributed by atoms with Crippen molar-refractivity contribution in [2.24, 2.45) is 13.0 Å². The smallest absolute Gasteiger partial charge is 0.433 e. The maximum Gasteiger partial charge on any atom is 0.433 e. The highest BCUT2D eigenvalue weighted by Gasteiger charge is 2.37. The number of carbonyl (C=O) groups is 3. The zero-order chi connectivity index (χ0) is 40.2. The lowest BCUT2D eigenvalue weighted by Gasteiger charge is -2.38. The van der Waals surface area contributed by atoms with Gasteiger partial charge in [0.2, 0.25) is 11.8 Å². The van der Waals surface area contributed by atoms with Crippen LogP contribution in [0.3, 0.4) is 0 Å². The Hall–Kier alpha value is -5.58. The molecule has 8 rings (SSSR count). The number of aryl methyl sites for hydroxylation is 1. The van der Waals surface area contributed by atoms with Crippen LogP contribution in [-0.2, 0) is 22.8 Å². The van der Waals surface area contributed by atoms with E-state index in [4.69, 9.17) is 9.84 Å². The van der Waals surface area contributed by atoms with Crippen LogP contribution in [0, 0.1) is 5.92 Å². The maximum atomic E-state index is 16.1. The van der Waals surface area contributed by atoms with Gasteiger partial charge in [0.15, 0.2) is 0 Å². The number of ether oxygens (including phenoxy) is 1. The molecule has 3 atom stereocenters. The molecule has 2 N–H and O–H groups in total. The first kappa shape index (κ1) is 38.3. The number of pyridine rings is 1. The topological polar surface area (TPSA) is 145 Å². The number of hydrogen-bond donors (Lipinski definition) is 2. The number of likely N-dealkylation sites (tertiary alicyclic amines) is 1. The Bertz CT molecular complexity index is 2430. The molecule has 5 aromatic rings. The quantitative estimate of drug-likeness (QED) is 0.146. The summed E-state index contributed by atoms with van der Waals surface area (Å²) < 4.78 is 66.0. The third-order valence-electron chi connectivity index (χ3n) is 11.8. The Morgan fingerprint density at radius 1 is 1.02 bits per heavy atom. The van der Waals surface area contributed by atoms with Gasteiger partial charge in [-0.1, -0.05) is 18.2 Å². The number of imide groups is 1. The summed E-state index contributed by atoms with van der Waals surface area (Å²) >= 11 is 0. The van der Waals surface area contributed by atoms with Crippen LogP contribution >= 0.6 is 0 Å². The molecular weight excluding hydrogens is 748 g/mol. The van der Waals surface area contributed by atoms with Crippen molar-refractivity contribution < 1.29 is 36.7 Å². The number of rotatable bonds is 8. The molecule has 2 saturated heterocycles. The number of para-hydroxylation sites is 1. The zero-order valence-corrected chi connectivity index (χ0v) is 31.4. The van der Waals surface area contributed by atoms with E-state index in [1.165, 1.54) is 22.3 Å². The summed E-state index contributed by atoms with van der Waals surface area (Å²) in [5.41, 5.74) is 0.929. The molecule has 2 aliphatic heterocycles. The highest BCUT2D eigenvalue weighted by atomic mass is 19.4. The monoisotopic (exact) mass is 790 g/mol. The van der Waals surface area contributed by atoms with Gasteiger partial charge in [-0.2, -0.15) is 18.3 Å². The Morgan fingerprint density at radius 2 is 1.79 bits per heavy atom. The molecule has 3 aromatic heterocycles. The molecule has 17 heteroatoms. The van der Waals surface area contributed by atoms with E-state index in [1.54, 1.807) is 31.3 Å². The minimum atomic E-state index is -4.69. The Kier molecular flexibility index (Phi) is 10.1. The second-order valence-corrected chi connectivity index (χ2v) is 15.3. The number of methoxy groups -OCH3 is 1. The molecule has 1 unspecified atom stereocenters. The van der Waals surface area contributed by atoms with Crippen LogP contribution in [0.1, 0.15) is 84.7 Å². The molecule has 0 spiro atoms. The van der Waals surface area contributed by atoms with Crippen molar-refractivity contribution in [3.05, 3.63) is 82.2 Å². The molecule has 3 aliphatic rings. The molecule has 0 radical (unpaired) electrons. The highest BCUT2D eigenvalue weighted by molar-refractivity contribution is 6.05. The van der Waals surface area contributed by atoms with Crippen LogP contribution in [0.25, 0.3) is 21.9 Å². The fourth-order valence-electron chi connectivity index (χ4n) is 8.87. The van der Waals surface area contributed by atoms with Crippen LogP contribution in [0.5, 0.6) is 5.75 Å². The molecule has 300 valence electrons. The van der Waals surface area contributed by atoms with Crippen LogP contribution in [0.4, 0.5) is 23.2 Å². The fraction of sp³-hybridized carbons (Fsp3) is 0.450. The number of carbonyl (C=O) groups excluding carboxylic acids is 3. The number of amides is 3. The first-order chi connectivity index (χ1) is 27.3. The number of anilines is 1. The predicted molar refractivity (Wildman–Crippen MR) is 202 cm³/mol. The number of nitrogens with one attached hydrogen (secondary N) is 2. The minimum absolute atomic E-state index is 0.131. The van der Waals surface area contributed by atoms with Gasteiger partial charge in [0.1, 0.15) is 29.4 Å². The van der Waals surface area contributed by atoms with Crippen LogP contribution in [0.2, 0.25) is 0 Å². The molecular formula is C40H42F4N8O5. The standard InChI is InChI=1S/C40H42F4N8O5/c1-49-36-26(5-3-7-31(36)52(39(49)56)32-13-14-35(53)47-38(32)55)25-15-16-50(21-27(25)41)19-22-9-11-24(12-10-22)51-20-23-17-30(33(57-2)18-29(23)48-51)46-37(54)28-6-4-8-34(45-28)40(42,43)44/h3-8,17-18,20,22,24-25,27,32H,9-16,19,21H2,1-2H3,(H,46,54)(H,47,53,55)/t22-,24-,25-,27+,32?/m1/s1. The second-order valence-electron chi connectivity index (χ2n) is 15.3. The van der Waals surface area contributed by atoms with E-state index in [-0.39, 0.29) is 48.4 Å². The number of benzene rings is 2. The molecule has 5 heterocycles. The largest absolute Gasteiger partial charge is 0.494 e. The number of imidazole rings is 1. The lowest BCUT2D eigenvalue weighted by molar-refractivity contribution is -0.141. The number of fused-ring (bicyclic) bond motifs is 2. The normalized spacial score (nSPS) is 23.5. The van der Waals surface area contributed by atoms with E-state index in [0.29, 0.717) is 41.2 Å². The fourth-order valence-corrected chi connectivity index (χ4v) is 8.87. The number of aromatic nitrogens is 5. The summed E-state index contributed by atoms with van der Waals surface area (Å²) in [6.45, 7) is 1.76. The Labute approximate surface area is 324 Å². The summed E-state index contributed by atoms with van der Waals surface area (Å²) in [7, 11) is 3.07. The van der Waals surface area contributed by atoms with Gasteiger partial charge in [0, 0.05) is 50.1 Å². The van der Waals surface area contributed by atoms with Crippen LogP contribution in [-0.4, -0.2) is 79.4 Å². The summed E-state index contributed by atoms with van der Waals surface area (Å²) in [4.78, 5) is 56.4. The van der Waals surface area contributed by atoms with Crippen molar-refractivity contribution in [3.63, 3.8) is 0 Å². The average Bonchev–Trinajstić information content (AvgIpc) is 3.71. The SMILES string of the molecule is COc1cc2nn([C@H]3CC[C@H](CN4CC[C@H](c5cccc6c5n(C)c(=O)n6C5CCC(=O)NC5=O)[C@@H](F)C4)CC3)cc2cc1NC(=O)c1cccc(C(F)(F)F)n1. The first-order valence-electron chi connectivity index (χ1n) is 19.1. The second kappa shape index (κ2) is 15.1. The Balaban J connectivity index is 0.892. The van der Waals surface area contributed by atoms with Gasteiger partial charge in [-0.3, -0.25) is 33.5 Å². The highest BCUT2D eigenvalue weighted by Crippen LogP contribution is 2.39. The van der Waals surface area contributed by atoms with Gasteiger partial charge in [-0.15, -0.1) is 0 Å². The number of halogens is 4. The summed E-state index contributed by atoms with van der Waals surface area (Å²) in [6, 6.07) is 11.3. The van der Waals surface area contributed by atoms with Gasteiger partial charge in [-0.05, 0) is 80.8 Å². The van der Waals surface area contributed by atoms with Gasteiger partial charge < -0.3 is 15.0 Å². The molecule has 13 nitrogen and oxygen atoms in total. The lowest BCUT2D eigenvalue weighted by Crippen LogP contribution is -2.44. The molecule has 3 fully saturated rings. The predicted octanol–water partition coefficient (Wildman–Crippen LogP) is 5.90. The minimum Gasteiger partial charge on any atom is -0.494 e. The van der Waals surface area contributed by atoms with Crippen LogP contribution < -0.4 is 21.1 Å². The van der Waals surface area contributed by atoms with Gasteiger partial charge >= 0.3 is 11.9 Å². The summed E-state index contributed by atoms with van der Waals surface area (Å²) in [5.74, 6) is -1.40. The van der Waals surface area contributed by atoms with E-state index >= 15 is 4.39 Å². The van der Waals surface area contributed by atoms with E-state index in [0.717, 1.165) is 55.3 Å². The Morgan fingerprint density at radius 3 is 2.51 bits per heavy atom. The van der Waals surface area contributed by atoms with Crippen molar-refractivity contribution in [2.75, 3.05) is 32.1 Å². The molecule has 0 bridgehead atoms. The lowest BCUT2D eigenvalue weighted by atomic mass is 9.83. The number of alkyl halides is 4. The van der Waals surface area contributed by atoms with E-state index in [2.05, 4.69) is 20.5 Å². The molecule has 1 aliphatic carbocycles.